The molecule has 0 aliphatic rings. The van der Waals surface area contributed by atoms with Crippen molar-refractivity contribution in [3.63, 3.8) is 0 Å². The van der Waals surface area contributed by atoms with Crippen LogP contribution in [0.3, 0.4) is 0 Å². The second kappa shape index (κ2) is 6.97. The lowest BCUT2D eigenvalue weighted by Gasteiger charge is -2.31. The van der Waals surface area contributed by atoms with Crippen LogP contribution in [0, 0.1) is 0 Å². The second-order valence-corrected chi connectivity index (χ2v) is 7.99. The number of nitrogens with one attached hydrogen (secondary N) is 1. The summed E-state index contributed by atoms with van der Waals surface area (Å²) in [6.07, 6.45) is 2.10. The molecule has 1 aromatic carbocycles. The van der Waals surface area contributed by atoms with Gasteiger partial charge < -0.3 is 0 Å². The van der Waals surface area contributed by atoms with E-state index in [1.807, 2.05) is 20.8 Å². The SMILES string of the molecule is CCC(CC)(CC)NS(=O)(=O)c1c(Cl)cc(Br)cc1Cl. The summed E-state index contributed by atoms with van der Waals surface area (Å²) in [5.74, 6) is 0. The number of benzene rings is 1. The van der Waals surface area contributed by atoms with Crippen molar-refractivity contribution in [2.24, 2.45) is 0 Å². The molecule has 0 fully saturated rings. The van der Waals surface area contributed by atoms with Gasteiger partial charge >= 0.3 is 0 Å². The Labute approximate surface area is 139 Å². The molecule has 0 atom stereocenters. The molecule has 1 rings (SSSR count). The first-order valence-electron chi connectivity index (χ1n) is 6.40. The molecule has 0 aliphatic carbocycles. The third-order valence-corrected chi connectivity index (χ3v) is 6.57. The van der Waals surface area contributed by atoms with Gasteiger partial charge in [-0.2, -0.15) is 0 Å². The zero-order valence-corrected chi connectivity index (χ0v) is 15.5. The van der Waals surface area contributed by atoms with Gasteiger partial charge in [0, 0.05) is 10.0 Å². The number of halogens is 3. The Balaban J connectivity index is 3.32. The average Bonchev–Trinajstić information content (AvgIpc) is 2.34. The van der Waals surface area contributed by atoms with Crippen molar-refractivity contribution in [3.8, 4) is 0 Å². The topological polar surface area (TPSA) is 46.2 Å². The lowest BCUT2D eigenvalue weighted by atomic mass is 9.91. The molecular formula is C13H18BrCl2NO2S. The van der Waals surface area contributed by atoms with Crippen LogP contribution >= 0.6 is 39.1 Å². The fourth-order valence-electron chi connectivity index (χ4n) is 2.09. The lowest BCUT2D eigenvalue weighted by molar-refractivity contribution is 0.342. The fraction of sp³-hybridized carbons (Fsp3) is 0.538. The average molecular weight is 403 g/mol. The van der Waals surface area contributed by atoms with Gasteiger partial charge in [-0.15, -0.1) is 0 Å². The molecule has 0 radical (unpaired) electrons. The van der Waals surface area contributed by atoms with Crippen LogP contribution in [0.15, 0.2) is 21.5 Å². The van der Waals surface area contributed by atoms with Crippen LogP contribution in [0.4, 0.5) is 0 Å². The third-order valence-electron chi connectivity index (χ3n) is 3.61. The van der Waals surface area contributed by atoms with Crippen LogP contribution in [0.25, 0.3) is 0 Å². The van der Waals surface area contributed by atoms with Gasteiger partial charge in [0.2, 0.25) is 10.0 Å². The van der Waals surface area contributed by atoms with Crippen molar-refractivity contribution in [2.45, 2.75) is 50.5 Å². The molecule has 0 spiro atoms. The summed E-state index contributed by atoms with van der Waals surface area (Å²) >= 11 is 15.3. The molecule has 0 bridgehead atoms. The molecule has 0 unspecified atom stereocenters. The molecule has 3 nitrogen and oxygen atoms in total. The number of sulfonamides is 1. The first kappa shape index (κ1) is 18.2. The van der Waals surface area contributed by atoms with Gasteiger partial charge in [-0.05, 0) is 31.4 Å². The Morgan fingerprint density at radius 2 is 1.50 bits per heavy atom. The molecule has 1 N–H and O–H groups in total. The van der Waals surface area contributed by atoms with Crippen LogP contribution < -0.4 is 4.72 Å². The van der Waals surface area contributed by atoms with E-state index < -0.39 is 15.6 Å². The summed E-state index contributed by atoms with van der Waals surface area (Å²) in [4.78, 5) is -0.0660. The number of hydrogen-bond acceptors (Lipinski definition) is 2. The summed E-state index contributed by atoms with van der Waals surface area (Å²) in [7, 11) is -3.77. The first-order chi connectivity index (χ1) is 9.21. The molecule has 0 aliphatic heterocycles. The summed E-state index contributed by atoms with van der Waals surface area (Å²) in [6.45, 7) is 5.88. The van der Waals surface area contributed by atoms with Crippen LogP contribution in [-0.2, 0) is 10.0 Å². The highest BCUT2D eigenvalue weighted by Gasteiger charge is 2.32. The number of rotatable bonds is 6. The first-order valence-corrected chi connectivity index (χ1v) is 9.43. The molecule has 0 saturated heterocycles. The monoisotopic (exact) mass is 401 g/mol. The van der Waals surface area contributed by atoms with Gasteiger partial charge in [0.1, 0.15) is 4.90 Å². The standard InChI is InChI=1S/C13H18BrCl2NO2S/c1-4-13(5-2,6-3)17-20(18,19)12-10(15)7-9(14)8-11(12)16/h7-8,17H,4-6H2,1-3H3. The summed E-state index contributed by atoms with van der Waals surface area (Å²) in [5.41, 5.74) is -0.474. The molecular weight excluding hydrogens is 385 g/mol. The van der Waals surface area contributed by atoms with E-state index in [2.05, 4.69) is 20.7 Å². The van der Waals surface area contributed by atoms with Crippen molar-refractivity contribution in [1.29, 1.82) is 0 Å². The third kappa shape index (κ3) is 3.89. The van der Waals surface area contributed by atoms with Crippen molar-refractivity contribution in [2.75, 3.05) is 0 Å². The van der Waals surface area contributed by atoms with Crippen molar-refractivity contribution < 1.29 is 8.42 Å². The Bertz CT molecular complexity index is 555. The van der Waals surface area contributed by atoms with E-state index in [1.54, 1.807) is 0 Å². The van der Waals surface area contributed by atoms with Gasteiger partial charge in [0.25, 0.3) is 0 Å². The Hall–Kier alpha value is 0.190. The lowest BCUT2D eigenvalue weighted by Crippen LogP contribution is -2.47. The molecule has 114 valence electrons. The number of hydrogen-bond donors (Lipinski definition) is 1. The van der Waals surface area contributed by atoms with E-state index in [0.717, 1.165) is 0 Å². The van der Waals surface area contributed by atoms with Crippen LogP contribution in [0.2, 0.25) is 10.0 Å². The Morgan fingerprint density at radius 3 is 1.85 bits per heavy atom. The summed E-state index contributed by atoms with van der Waals surface area (Å²) in [5, 5.41) is 0.211. The molecule has 0 amide bonds. The maximum atomic E-state index is 12.6. The smallest absolute Gasteiger partial charge is 0.207 e. The van der Waals surface area contributed by atoms with Gasteiger partial charge in [0.15, 0.2) is 0 Å². The maximum Gasteiger partial charge on any atom is 0.244 e. The van der Waals surface area contributed by atoms with E-state index in [4.69, 9.17) is 23.2 Å². The molecule has 20 heavy (non-hydrogen) atoms. The Kier molecular flexibility index (Phi) is 6.35. The highest BCUT2D eigenvalue weighted by Crippen LogP contribution is 2.34. The predicted molar refractivity (Wildman–Crippen MR) is 88.1 cm³/mol. The van der Waals surface area contributed by atoms with E-state index in [0.29, 0.717) is 23.7 Å². The highest BCUT2D eigenvalue weighted by molar-refractivity contribution is 9.10. The molecule has 0 aromatic heterocycles. The molecule has 1 aromatic rings. The van der Waals surface area contributed by atoms with Crippen molar-refractivity contribution >= 4 is 49.2 Å². The van der Waals surface area contributed by atoms with Gasteiger partial charge in [-0.25, -0.2) is 13.1 Å². The minimum atomic E-state index is -3.77. The van der Waals surface area contributed by atoms with E-state index in [-0.39, 0.29) is 14.9 Å². The maximum absolute atomic E-state index is 12.6. The van der Waals surface area contributed by atoms with Crippen LogP contribution in [-0.4, -0.2) is 14.0 Å². The highest BCUT2D eigenvalue weighted by atomic mass is 79.9. The van der Waals surface area contributed by atoms with Crippen molar-refractivity contribution in [1.82, 2.24) is 4.72 Å². The second-order valence-electron chi connectivity index (χ2n) is 4.65. The molecule has 7 heteroatoms. The van der Waals surface area contributed by atoms with E-state index in [9.17, 15) is 8.42 Å². The Morgan fingerprint density at radius 1 is 1.10 bits per heavy atom. The zero-order chi connectivity index (χ0) is 15.6. The summed E-state index contributed by atoms with van der Waals surface area (Å²) < 4.78 is 28.6. The predicted octanol–water partition coefficient (Wildman–Crippen LogP) is 5.00. The normalized spacial score (nSPS) is 12.7. The van der Waals surface area contributed by atoms with Gasteiger partial charge in [-0.1, -0.05) is 59.9 Å². The quantitative estimate of drug-likeness (QED) is 0.727. The molecule has 0 saturated carbocycles. The minimum Gasteiger partial charge on any atom is -0.207 e. The van der Waals surface area contributed by atoms with Crippen LogP contribution in [0.5, 0.6) is 0 Å². The van der Waals surface area contributed by atoms with Gasteiger partial charge in [-0.3, -0.25) is 0 Å². The largest absolute Gasteiger partial charge is 0.244 e. The zero-order valence-electron chi connectivity index (χ0n) is 11.6. The van der Waals surface area contributed by atoms with E-state index >= 15 is 0 Å². The van der Waals surface area contributed by atoms with Crippen LogP contribution in [0.1, 0.15) is 40.0 Å². The summed E-state index contributed by atoms with van der Waals surface area (Å²) in [6, 6.07) is 3.04. The minimum absolute atomic E-state index is 0.0660. The van der Waals surface area contributed by atoms with Gasteiger partial charge in [0.05, 0.1) is 10.0 Å². The fourth-order valence-corrected chi connectivity index (χ4v) is 5.64. The molecule has 0 heterocycles. The van der Waals surface area contributed by atoms with Crippen molar-refractivity contribution in [3.05, 3.63) is 26.7 Å². The van der Waals surface area contributed by atoms with E-state index in [1.165, 1.54) is 12.1 Å².